The number of hydrogen-bond acceptors (Lipinski definition) is 3. The van der Waals surface area contributed by atoms with Crippen LogP contribution in [-0.2, 0) is 16.0 Å². The molecule has 1 heterocycles. The Morgan fingerprint density at radius 1 is 1.29 bits per heavy atom. The number of aliphatic hydroxyl groups excluding tert-OH is 1. The van der Waals surface area contributed by atoms with Crippen molar-refractivity contribution in [3.63, 3.8) is 0 Å². The van der Waals surface area contributed by atoms with E-state index in [1.54, 1.807) is 6.08 Å². The maximum absolute atomic E-state index is 12.2. The summed E-state index contributed by atoms with van der Waals surface area (Å²) in [6.45, 7) is 2.84. The van der Waals surface area contributed by atoms with Gasteiger partial charge in [-0.3, -0.25) is 9.59 Å². The molecule has 2 N–H and O–H groups in total. The fourth-order valence-corrected chi connectivity index (χ4v) is 3.72. The van der Waals surface area contributed by atoms with Gasteiger partial charge in [0.2, 0.25) is 5.91 Å². The van der Waals surface area contributed by atoms with Crippen LogP contribution in [0.2, 0.25) is 0 Å². The topological polar surface area (TPSA) is 77.8 Å². The molecule has 2 rings (SSSR count). The first-order valence-electron chi connectivity index (χ1n) is 10.5. The number of carboxylic acids is 1. The summed E-state index contributed by atoms with van der Waals surface area (Å²) in [5.74, 6) is -0.585. The highest BCUT2D eigenvalue weighted by Crippen LogP contribution is 2.23. The third-order valence-electron chi connectivity index (χ3n) is 5.26. The number of amides is 1. The lowest BCUT2D eigenvalue weighted by Gasteiger charge is -2.22. The molecule has 0 radical (unpaired) electrons. The summed E-state index contributed by atoms with van der Waals surface area (Å²) in [4.78, 5) is 24.6. The van der Waals surface area contributed by atoms with Crippen LogP contribution < -0.4 is 0 Å². The van der Waals surface area contributed by atoms with Crippen LogP contribution in [0.5, 0.6) is 0 Å². The third-order valence-corrected chi connectivity index (χ3v) is 5.26. The first-order valence-corrected chi connectivity index (χ1v) is 10.5. The third kappa shape index (κ3) is 7.12. The molecule has 0 aliphatic carbocycles. The standard InChI is InChI=1S/C23H33NO4/c1-2-8-18-9-7-10-19(17-18)21(25)14-12-20-13-15-22(26)24(20)16-6-4-3-5-11-23(27)28/h7,9-10,12,14,17,20-21,25H,2-6,8,11,13,15-16H2,1H3,(H,27,28)/t20-,21?/m0/s1. The van der Waals surface area contributed by atoms with Gasteiger partial charge in [0.15, 0.2) is 0 Å². The van der Waals surface area contributed by atoms with Crippen molar-refractivity contribution < 1.29 is 19.8 Å². The summed E-state index contributed by atoms with van der Waals surface area (Å²) < 4.78 is 0. The Bertz CT molecular complexity index is 670. The lowest BCUT2D eigenvalue weighted by atomic mass is 10.0. The number of aliphatic hydroxyl groups is 1. The smallest absolute Gasteiger partial charge is 0.303 e. The minimum atomic E-state index is -0.751. The van der Waals surface area contributed by atoms with E-state index in [0.29, 0.717) is 19.4 Å². The minimum absolute atomic E-state index is 0.0417. The monoisotopic (exact) mass is 387 g/mol. The highest BCUT2D eigenvalue weighted by molar-refractivity contribution is 5.79. The first kappa shape index (κ1) is 22.2. The molecule has 0 saturated carbocycles. The molecule has 1 unspecified atom stereocenters. The number of carbonyl (C=O) groups excluding carboxylic acids is 1. The van der Waals surface area contributed by atoms with Crippen molar-refractivity contribution in [1.29, 1.82) is 0 Å². The predicted molar refractivity (Wildman–Crippen MR) is 110 cm³/mol. The van der Waals surface area contributed by atoms with Crippen LogP contribution in [0.4, 0.5) is 0 Å². The van der Waals surface area contributed by atoms with E-state index in [9.17, 15) is 14.7 Å². The minimum Gasteiger partial charge on any atom is -0.481 e. The zero-order valence-corrected chi connectivity index (χ0v) is 16.8. The number of carbonyl (C=O) groups is 2. The van der Waals surface area contributed by atoms with Crippen LogP contribution in [0, 0.1) is 0 Å². The summed E-state index contributed by atoms with van der Waals surface area (Å²) in [7, 11) is 0. The van der Waals surface area contributed by atoms with Crippen LogP contribution >= 0.6 is 0 Å². The number of aryl methyl sites for hydroxylation is 1. The Hall–Kier alpha value is -2.14. The molecule has 0 spiro atoms. The Balaban J connectivity index is 1.84. The number of hydrogen-bond donors (Lipinski definition) is 2. The number of nitrogens with zero attached hydrogens (tertiary/aromatic N) is 1. The molecule has 1 fully saturated rings. The quantitative estimate of drug-likeness (QED) is 0.415. The van der Waals surface area contributed by atoms with E-state index in [-0.39, 0.29) is 18.4 Å². The number of benzene rings is 1. The number of aliphatic carboxylic acids is 1. The van der Waals surface area contributed by atoms with E-state index >= 15 is 0 Å². The van der Waals surface area contributed by atoms with E-state index < -0.39 is 12.1 Å². The maximum atomic E-state index is 12.2. The van der Waals surface area contributed by atoms with Crippen LogP contribution in [0.15, 0.2) is 36.4 Å². The fourth-order valence-electron chi connectivity index (χ4n) is 3.72. The second kappa shape index (κ2) is 11.6. The van der Waals surface area contributed by atoms with Crippen molar-refractivity contribution in [1.82, 2.24) is 4.90 Å². The second-order valence-electron chi connectivity index (χ2n) is 7.58. The van der Waals surface area contributed by atoms with Gasteiger partial charge in [0.25, 0.3) is 0 Å². The predicted octanol–water partition coefficient (Wildman–Crippen LogP) is 4.25. The van der Waals surface area contributed by atoms with E-state index in [1.807, 2.05) is 29.2 Å². The largest absolute Gasteiger partial charge is 0.481 e. The molecule has 154 valence electrons. The Morgan fingerprint density at radius 2 is 2.07 bits per heavy atom. The van der Waals surface area contributed by atoms with Gasteiger partial charge in [-0.2, -0.15) is 0 Å². The normalized spacial score (nSPS) is 18.1. The van der Waals surface area contributed by atoms with E-state index in [4.69, 9.17) is 5.11 Å². The van der Waals surface area contributed by atoms with Crippen molar-refractivity contribution in [3.05, 3.63) is 47.5 Å². The highest BCUT2D eigenvalue weighted by Gasteiger charge is 2.28. The second-order valence-corrected chi connectivity index (χ2v) is 7.58. The van der Waals surface area contributed by atoms with Crippen molar-refractivity contribution in [3.8, 4) is 0 Å². The van der Waals surface area contributed by atoms with Crippen molar-refractivity contribution >= 4 is 11.9 Å². The van der Waals surface area contributed by atoms with Crippen LogP contribution in [0.25, 0.3) is 0 Å². The summed E-state index contributed by atoms with van der Waals surface area (Å²) in [6.07, 6.45) is 10.1. The average molecular weight is 388 g/mol. The van der Waals surface area contributed by atoms with E-state index in [1.165, 1.54) is 5.56 Å². The highest BCUT2D eigenvalue weighted by atomic mass is 16.4. The fraction of sp³-hybridized carbons (Fsp3) is 0.565. The molecule has 1 saturated heterocycles. The number of likely N-dealkylation sites (tertiary alicyclic amines) is 1. The molecular formula is C23H33NO4. The molecule has 1 aliphatic rings. The molecule has 2 atom stereocenters. The zero-order chi connectivity index (χ0) is 20.4. The van der Waals surface area contributed by atoms with Gasteiger partial charge in [-0.1, -0.05) is 62.6 Å². The lowest BCUT2D eigenvalue weighted by Crippen LogP contribution is -2.32. The summed E-state index contributed by atoms with van der Waals surface area (Å²) in [6, 6.07) is 8.08. The number of rotatable bonds is 12. The first-order chi connectivity index (χ1) is 13.5. The summed E-state index contributed by atoms with van der Waals surface area (Å²) in [5.41, 5.74) is 2.12. The average Bonchev–Trinajstić information content (AvgIpc) is 3.02. The van der Waals surface area contributed by atoms with Gasteiger partial charge in [-0.15, -0.1) is 0 Å². The molecular weight excluding hydrogens is 354 g/mol. The molecule has 1 amide bonds. The summed E-state index contributed by atoms with van der Waals surface area (Å²) in [5, 5.41) is 19.2. The van der Waals surface area contributed by atoms with Crippen LogP contribution in [0.1, 0.15) is 75.5 Å². The molecule has 1 aromatic rings. The zero-order valence-electron chi connectivity index (χ0n) is 16.8. The number of unbranched alkanes of at least 4 members (excludes halogenated alkanes) is 3. The van der Waals surface area contributed by atoms with E-state index in [2.05, 4.69) is 13.0 Å². The molecule has 0 bridgehead atoms. The molecule has 5 heteroatoms. The molecule has 1 aromatic carbocycles. The van der Waals surface area contributed by atoms with Crippen LogP contribution in [-0.4, -0.2) is 39.6 Å². The lowest BCUT2D eigenvalue weighted by molar-refractivity contribution is -0.137. The van der Waals surface area contributed by atoms with Gasteiger partial charge in [0, 0.05) is 19.4 Å². The Labute approximate surface area is 168 Å². The van der Waals surface area contributed by atoms with Gasteiger partial charge in [-0.05, 0) is 36.8 Å². The van der Waals surface area contributed by atoms with Gasteiger partial charge < -0.3 is 15.1 Å². The van der Waals surface area contributed by atoms with Gasteiger partial charge in [-0.25, -0.2) is 0 Å². The summed E-state index contributed by atoms with van der Waals surface area (Å²) >= 11 is 0. The maximum Gasteiger partial charge on any atom is 0.303 e. The van der Waals surface area contributed by atoms with Crippen LogP contribution in [0.3, 0.4) is 0 Å². The van der Waals surface area contributed by atoms with Gasteiger partial charge in [0.05, 0.1) is 12.1 Å². The van der Waals surface area contributed by atoms with Crippen molar-refractivity contribution in [2.45, 2.75) is 76.9 Å². The van der Waals surface area contributed by atoms with Crippen molar-refractivity contribution in [2.24, 2.45) is 0 Å². The van der Waals surface area contributed by atoms with Gasteiger partial charge >= 0.3 is 5.97 Å². The van der Waals surface area contributed by atoms with Crippen molar-refractivity contribution in [2.75, 3.05) is 6.54 Å². The molecule has 1 aliphatic heterocycles. The Morgan fingerprint density at radius 3 is 2.82 bits per heavy atom. The molecule has 5 nitrogen and oxygen atoms in total. The Kier molecular flexibility index (Phi) is 9.21. The SMILES string of the molecule is CCCc1cccc(C(O)C=C[C@H]2CCC(=O)N2CCCCCCC(=O)O)c1. The molecule has 0 aromatic heterocycles. The molecule has 28 heavy (non-hydrogen) atoms. The van der Waals surface area contributed by atoms with Gasteiger partial charge in [0.1, 0.15) is 0 Å². The van der Waals surface area contributed by atoms with E-state index in [0.717, 1.165) is 44.1 Å². The number of carboxylic acid groups (broad SMARTS) is 1.